The minimum absolute atomic E-state index is 0.486. The van der Waals surface area contributed by atoms with Crippen molar-refractivity contribution < 1.29 is 0 Å². The van der Waals surface area contributed by atoms with Crippen LogP contribution < -0.4 is 5.43 Å². The Bertz CT molecular complexity index is 724. The molecule has 0 radical (unpaired) electrons. The summed E-state index contributed by atoms with van der Waals surface area (Å²) < 4.78 is 0. The largest absolute Gasteiger partial charge is 0.295 e. The van der Waals surface area contributed by atoms with Crippen LogP contribution in [0.5, 0.6) is 0 Å². The Hall–Kier alpha value is -1.84. The third kappa shape index (κ3) is 3.12. The van der Waals surface area contributed by atoms with Gasteiger partial charge in [-0.05, 0) is 41.8 Å². The van der Waals surface area contributed by atoms with Gasteiger partial charge in [-0.25, -0.2) is 0 Å². The zero-order valence-electron chi connectivity index (χ0n) is 13.0. The number of hydrogen-bond acceptors (Lipinski definition) is 3. The van der Waals surface area contributed by atoms with E-state index < -0.39 is 0 Å². The van der Waals surface area contributed by atoms with Crippen molar-refractivity contribution in [3.63, 3.8) is 0 Å². The van der Waals surface area contributed by atoms with Gasteiger partial charge in [0.1, 0.15) is 0 Å². The maximum absolute atomic E-state index is 5.92. The molecule has 0 aromatic heterocycles. The second-order valence-corrected chi connectivity index (χ2v) is 6.69. The smallest absolute Gasteiger partial charge is 0.0562 e. The summed E-state index contributed by atoms with van der Waals surface area (Å²) in [6.07, 6.45) is 3.22. The molecule has 2 aliphatic rings. The van der Waals surface area contributed by atoms with E-state index >= 15 is 0 Å². The Morgan fingerprint density at radius 2 is 1.78 bits per heavy atom. The first-order chi connectivity index (χ1) is 11.3. The van der Waals surface area contributed by atoms with Crippen molar-refractivity contribution in [3.05, 3.63) is 64.7 Å². The molecule has 3 nitrogen and oxygen atoms in total. The molecule has 2 aliphatic heterocycles. The lowest BCUT2D eigenvalue weighted by Crippen LogP contribution is -2.41. The Labute approximate surface area is 142 Å². The number of nitrogens with zero attached hydrogens (tertiary/aromatic N) is 2. The molecule has 118 valence electrons. The average molecular weight is 326 g/mol. The number of halogens is 1. The number of fused-ring (bicyclic) bond motifs is 3. The van der Waals surface area contributed by atoms with E-state index in [4.69, 9.17) is 11.6 Å². The van der Waals surface area contributed by atoms with Gasteiger partial charge in [0.25, 0.3) is 0 Å². The van der Waals surface area contributed by atoms with Crippen molar-refractivity contribution >= 4 is 23.0 Å². The molecule has 2 heterocycles. The number of nitrogens with one attached hydrogen (secondary N) is 1. The van der Waals surface area contributed by atoms with E-state index in [1.165, 1.54) is 29.8 Å². The molecule has 0 bridgehead atoms. The van der Waals surface area contributed by atoms with Crippen LogP contribution in [-0.4, -0.2) is 23.7 Å². The molecule has 0 saturated carbocycles. The molecule has 4 rings (SSSR count). The van der Waals surface area contributed by atoms with Crippen molar-refractivity contribution in [2.45, 2.75) is 25.3 Å². The first-order valence-corrected chi connectivity index (χ1v) is 8.56. The number of benzene rings is 2. The highest BCUT2D eigenvalue weighted by Gasteiger charge is 2.31. The molecular formula is C19H20ClN3. The molecule has 2 aromatic carbocycles. The Morgan fingerprint density at radius 1 is 1.00 bits per heavy atom. The Kier molecular flexibility index (Phi) is 4.06. The van der Waals surface area contributed by atoms with E-state index in [0.717, 1.165) is 30.1 Å². The lowest BCUT2D eigenvalue weighted by Gasteiger charge is -2.40. The average Bonchev–Trinajstić information content (AvgIpc) is 2.61. The van der Waals surface area contributed by atoms with Gasteiger partial charge in [0, 0.05) is 42.7 Å². The van der Waals surface area contributed by atoms with Gasteiger partial charge in [-0.15, -0.1) is 0 Å². The summed E-state index contributed by atoms with van der Waals surface area (Å²) in [5.74, 6) is 0. The highest BCUT2D eigenvalue weighted by atomic mass is 35.5. The number of hydrazone groups is 1. The van der Waals surface area contributed by atoms with Gasteiger partial charge in [0.2, 0.25) is 0 Å². The molecule has 4 heteroatoms. The lowest BCUT2D eigenvalue weighted by atomic mass is 9.86. The van der Waals surface area contributed by atoms with E-state index in [1.807, 2.05) is 24.3 Å². The summed E-state index contributed by atoms with van der Waals surface area (Å²) in [6, 6.07) is 17.0. The highest BCUT2D eigenvalue weighted by Crippen LogP contribution is 2.35. The van der Waals surface area contributed by atoms with Gasteiger partial charge in [0.05, 0.1) is 5.69 Å². The topological polar surface area (TPSA) is 27.6 Å². The van der Waals surface area contributed by atoms with E-state index in [9.17, 15) is 0 Å². The first kappa shape index (κ1) is 14.7. The van der Waals surface area contributed by atoms with Crippen molar-refractivity contribution in [2.24, 2.45) is 5.10 Å². The minimum atomic E-state index is 0.486. The standard InChI is InChI=1S/C19H20ClN3/c20-15-5-7-16(8-6-15)21-22-17-10-12-23-11-9-14-3-1-2-4-18(14)19(23)13-17/h1-8,19,21H,9-13H2. The Balaban J connectivity index is 1.51. The van der Waals surface area contributed by atoms with Crippen LogP contribution in [0.1, 0.15) is 30.0 Å². The predicted octanol–water partition coefficient (Wildman–Crippen LogP) is 4.50. The Morgan fingerprint density at radius 3 is 2.65 bits per heavy atom. The fraction of sp³-hybridized carbons (Fsp3) is 0.316. The molecule has 23 heavy (non-hydrogen) atoms. The zero-order valence-corrected chi connectivity index (χ0v) is 13.8. The van der Waals surface area contributed by atoms with Gasteiger partial charge in [-0.3, -0.25) is 10.3 Å². The van der Waals surface area contributed by atoms with E-state index in [1.54, 1.807) is 0 Å². The highest BCUT2D eigenvalue weighted by molar-refractivity contribution is 6.30. The van der Waals surface area contributed by atoms with Crippen LogP contribution in [0, 0.1) is 0 Å². The minimum Gasteiger partial charge on any atom is -0.295 e. The van der Waals surface area contributed by atoms with E-state index in [-0.39, 0.29) is 0 Å². The number of anilines is 1. The third-order valence-corrected chi connectivity index (χ3v) is 5.08. The van der Waals surface area contributed by atoms with Crippen LogP contribution in [0.4, 0.5) is 5.69 Å². The molecule has 1 atom stereocenters. The number of piperidine rings is 1. The van der Waals surface area contributed by atoms with Gasteiger partial charge in [0.15, 0.2) is 0 Å². The quantitative estimate of drug-likeness (QED) is 0.823. The van der Waals surface area contributed by atoms with Crippen LogP contribution in [0.2, 0.25) is 5.02 Å². The summed E-state index contributed by atoms with van der Waals surface area (Å²) in [5, 5.41) is 5.39. The van der Waals surface area contributed by atoms with Gasteiger partial charge >= 0.3 is 0 Å². The van der Waals surface area contributed by atoms with Gasteiger partial charge < -0.3 is 0 Å². The fourth-order valence-corrected chi connectivity index (χ4v) is 3.70. The third-order valence-electron chi connectivity index (χ3n) is 4.83. The van der Waals surface area contributed by atoms with E-state index in [2.05, 4.69) is 39.7 Å². The second kappa shape index (κ2) is 6.34. The molecule has 1 N–H and O–H groups in total. The fourth-order valence-electron chi connectivity index (χ4n) is 3.58. The molecule has 0 spiro atoms. The normalized spacial score (nSPS) is 22.5. The lowest BCUT2D eigenvalue weighted by molar-refractivity contribution is 0.180. The van der Waals surface area contributed by atoms with Crippen molar-refractivity contribution in [3.8, 4) is 0 Å². The van der Waals surface area contributed by atoms with Crippen molar-refractivity contribution in [1.29, 1.82) is 0 Å². The monoisotopic (exact) mass is 325 g/mol. The summed E-state index contributed by atoms with van der Waals surface area (Å²) in [7, 11) is 0. The van der Waals surface area contributed by atoms with Crippen molar-refractivity contribution in [1.82, 2.24) is 4.90 Å². The maximum Gasteiger partial charge on any atom is 0.0562 e. The van der Waals surface area contributed by atoms with Crippen LogP contribution in [0.25, 0.3) is 0 Å². The van der Waals surface area contributed by atoms with Crippen LogP contribution in [-0.2, 0) is 6.42 Å². The molecule has 1 fully saturated rings. The van der Waals surface area contributed by atoms with Crippen LogP contribution >= 0.6 is 11.6 Å². The second-order valence-electron chi connectivity index (χ2n) is 6.25. The molecule has 2 aromatic rings. The van der Waals surface area contributed by atoms with Crippen molar-refractivity contribution in [2.75, 3.05) is 18.5 Å². The molecular weight excluding hydrogens is 306 g/mol. The number of hydrogen-bond donors (Lipinski definition) is 1. The van der Waals surface area contributed by atoms with E-state index in [0.29, 0.717) is 6.04 Å². The van der Waals surface area contributed by atoms with Crippen LogP contribution in [0.15, 0.2) is 53.6 Å². The van der Waals surface area contributed by atoms with Gasteiger partial charge in [-0.1, -0.05) is 35.9 Å². The summed E-state index contributed by atoms with van der Waals surface area (Å²) in [6.45, 7) is 2.26. The first-order valence-electron chi connectivity index (χ1n) is 8.18. The number of rotatable bonds is 2. The summed E-state index contributed by atoms with van der Waals surface area (Å²) in [4.78, 5) is 2.60. The summed E-state index contributed by atoms with van der Waals surface area (Å²) in [5.41, 5.74) is 8.38. The SMILES string of the molecule is Clc1ccc(NN=C2CCN3CCc4ccccc4C3C2)cc1. The summed E-state index contributed by atoms with van der Waals surface area (Å²) >= 11 is 5.92. The van der Waals surface area contributed by atoms with Crippen LogP contribution in [0.3, 0.4) is 0 Å². The zero-order chi connectivity index (χ0) is 15.6. The van der Waals surface area contributed by atoms with Gasteiger partial charge in [-0.2, -0.15) is 5.10 Å². The molecule has 1 unspecified atom stereocenters. The maximum atomic E-state index is 5.92. The molecule has 0 aliphatic carbocycles. The molecule has 0 amide bonds. The predicted molar refractivity (Wildman–Crippen MR) is 96.2 cm³/mol. The molecule has 1 saturated heterocycles.